The molecule has 0 radical (unpaired) electrons. The van der Waals surface area contributed by atoms with Gasteiger partial charge < -0.3 is 15.0 Å². The minimum absolute atomic E-state index is 0.288. The molecule has 6 rings (SSSR count). The smallest absolute Gasteiger partial charge is 0.101 e. The molecule has 186 valence electrons. The van der Waals surface area contributed by atoms with Crippen molar-refractivity contribution in [2.45, 2.75) is 50.3 Å². The molecule has 3 aromatic rings. The van der Waals surface area contributed by atoms with Gasteiger partial charge in [-0.25, -0.2) is 0 Å². The van der Waals surface area contributed by atoms with Gasteiger partial charge >= 0.3 is 0 Å². The van der Waals surface area contributed by atoms with E-state index in [9.17, 15) is 5.26 Å². The predicted octanol–water partition coefficient (Wildman–Crippen LogP) is 4.09. The largest absolute Gasteiger partial charge is 0.375 e. The lowest BCUT2D eigenvalue weighted by molar-refractivity contribution is 0.0292. The number of pyridine rings is 1. The van der Waals surface area contributed by atoms with Crippen molar-refractivity contribution in [1.82, 2.24) is 15.2 Å². The quantitative estimate of drug-likeness (QED) is 0.606. The fraction of sp³-hybridized carbons (Fsp3) is 0.467. The summed E-state index contributed by atoms with van der Waals surface area (Å²) < 4.78 is 5.89. The Morgan fingerprint density at radius 3 is 2.83 bits per heavy atom. The van der Waals surface area contributed by atoms with Crippen LogP contribution in [-0.4, -0.2) is 67.4 Å². The second-order valence-electron chi connectivity index (χ2n) is 10.7. The molecule has 1 N–H and O–H groups in total. The van der Waals surface area contributed by atoms with E-state index in [1.807, 2.05) is 12.1 Å². The average molecular weight is 482 g/mol. The Morgan fingerprint density at radius 1 is 1.14 bits per heavy atom. The first-order valence-corrected chi connectivity index (χ1v) is 13.4. The molecule has 6 nitrogen and oxygen atoms in total. The number of hydrogen-bond donors (Lipinski definition) is 1. The molecule has 3 fully saturated rings. The van der Waals surface area contributed by atoms with E-state index in [1.165, 1.54) is 29.7 Å². The number of rotatable bonds is 4. The van der Waals surface area contributed by atoms with Gasteiger partial charge in [0.1, 0.15) is 6.07 Å². The lowest BCUT2D eigenvalue weighted by atomic mass is 9.83. The van der Waals surface area contributed by atoms with Crippen LogP contribution < -0.4 is 10.2 Å². The number of piperazine rings is 1. The maximum Gasteiger partial charge on any atom is 0.101 e. The highest BCUT2D eigenvalue weighted by molar-refractivity contribution is 5.95. The van der Waals surface area contributed by atoms with Crippen LogP contribution in [0, 0.1) is 11.3 Å². The molecule has 0 saturated carbocycles. The van der Waals surface area contributed by atoms with Crippen LogP contribution in [0.5, 0.6) is 0 Å². The van der Waals surface area contributed by atoms with E-state index in [4.69, 9.17) is 4.74 Å². The van der Waals surface area contributed by atoms with Crippen LogP contribution in [0.2, 0.25) is 0 Å². The van der Waals surface area contributed by atoms with E-state index in [0.29, 0.717) is 23.6 Å². The average Bonchev–Trinajstić information content (AvgIpc) is 2.93. The van der Waals surface area contributed by atoms with Gasteiger partial charge in [-0.05, 0) is 74.0 Å². The van der Waals surface area contributed by atoms with Crippen molar-refractivity contribution >= 4 is 16.6 Å². The number of nitrogens with zero attached hydrogens (tertiary/aromatic N) is 4. The van der Waals surface area contributed by atoms with Gasteiger partial charge in [0.2, 0.25) is 0 Å². The van der Waals surface area contributed by atoms with Crippen LogP contribution in [0.4, 0.5) is 5.69 Å². The van der Waals surface area contributed by atoms with E-state index < -0.39 is 0 Å². The Kier molecular flexibility index (Phi) is 6.62. The van der Waals surface area contributed by atoms with Crippen molar-refractivity contribution in [1.29, 1.82) is 5.26 Å². The summed E-state index contributed by atoms with van der Waals surface area (Å²) in [6.07, 6.45) is 5.45. The topological polar surface area (TPSA) is 64.4 Å². The second-order valence-corrected chi connectivity index (χ2v) is 10.7. The highest BCUT2D eigenvalue weighted by Gasteiger charge is 2.37. The van der Waals surface area contributed by atoms with Gasteiger partial charge in [0, 0.05) is 55.5 Å². The molecule has 0 aliphatic carbocycles. The zero-order valence-electron chi connectivity index (χ0n) is 21.1. The number of fused-ring (bicyclic) bond motifs is 2. The van der Waals surface area contributed by atoms with Gasteiger partial charge in [0.25, 0.3) is 0 Å². The summed E-state index contributed by atoms with van der Waals surface area (Å²) in [5.74, 6) is 0.597. The third kappa shape index (κ3) is 4.59. The summed E-state index contributed by atoms with van der Waals surface area (Å²) in [5.41, 5.74) is 5.49. The van der Waals surface area contributed by atoms with E-state index in [2.05, 4.69) is 69.5 Å². The van der Waals surface area contributed by atoms with E-state index >= 15 is 0 Å². The number of piperidine rings is 1. The summed E-state index contributed by atoms with van der Waals surface area (Å²) in [6, 6.07) is 20.8. The number of benzene rings is 2. The van der Waals surface area contributed by atoms with Crippen molar-refractivity contribution in [3.8, 4) is 6.07 Å². The summed E-state index contributed by atoms with van der Waals surface area (Å²) in [7, 11) is 0. The first-order valence-electron chi connectivity index (χ1n) is 13.4. The number of anilines is 1. The van der Waals surface area contributed by atoms with Gasteiger partial charge in [0.05, 0.1) is 23.8 Å². The summed E-state index contributed by atoms with van der Waals surface area (Å²) in [4.78, 5) is 9.78. The Hall–Kier alpha value is -2.98. The Balaban J connectivity index is 1.18. The number of hydrogen-bond acceptors (Lipinski definition) is 6. The van der Waals surface area contributed by atoms with E-state index in [-0.39, 0.29) is 6.10 Å². The number of morpholine rings is 1. The molecule has 1 unspecified atom stereocenters. The van der Waals surface area contributed by atoms with Gasteiger partial charge in [-0.3, -0.25) is 9.88 Å². The molecule has 0 bridgehead atoms. The first kappa shape index (κ1) is 23.4. The van der Waals surface area contributed by atoms with Gasteiger partial charge in [-0.2, -0.15) is 5.26 Å². The van der Waals surface area contributed by atoms with Gasteiger partial charge in [-0.15, -0.1) is 0 Å². The lowest BCUT2D eigenvalue weighted by Crippen LogP contribution is -2.60. The van der Waals surface area contributed by atoms with Crippen molar-refractivity contribution < 1.29 is 4.74 Å². The highest BCUT2D eigenvalue weighted by atomic mass is 16.5. The molecular weight excluding hydrogens is 446 g/mol. The summed E-state index contributed by atoms with van der Waals surface area (Å²) >= 11 is 0. The molecular formula is C30H35N5O. The minimum Gasteiger partial charge on any atom is -0.375 e. The Bertz CT molecular complexity index is 1250. The molecule has 4 heterocycles. The molecule has 0 amide bonds. The van der Waals surface area contributed by atoms with Crippen LogP contribution >= 0.6 is 0 Å². The SMILES string of the molecule is C[C@@H]1CN(c2ccc(C#N)c3ncccc23)C[C@@H]2C[C@@H](c3ccc(CC4CNCCO4)cc3)CCN21. The highest BCUT2D eigenvalue weighted by Crippen LogP contribution is 2.37. The van der Waals surface area contributed by atoms with E-state index in [1.54, 1.807) is 6.20 Å². The molecule has 36 heavy (non-hydrogen) atoms. The maximum atomic E-state index is 9.55. The minimum atomic E-state index is 0.288. The predicted molar refractivity (Wildman–Crippen MR) is 143 cm³/mol. The second kappa shape index (κ2) is 10.2. The lowest BCUT2D eigenvalue weighted by Gasteiger charge is -2.50. The van der Waals surface area contributed by atoms with Crippen molar-refractivity contribution in [2.24, 2.45) is 0 Å². The molecule has 3 aliphatic rings. The van der Waals surface area contributed by atoms with Gasteiger partial charge in [0.15, 0.2) is 0 Å². The third-order valence-electron chi connectivity index (χ3n) is 8.37. The normalized spacial score (nSPS) is 26.9. The molecule has 6 heteroatoms. The van der Waals surface area contributed by atoms with Crippen molar-refractivity contribution in [2.75, 3.05) is 44.2 Å². The van der Waals surface area contributed by atoms with Crippen molar-refractivity contribution in [3.63, 3.8) is 0 Å². The molecule has 0 spiro atoms. The molecule has 3 saturated heterocycles. The standard InChI is InChI=1S/C30H35N5O/c1-21-19-34(29-9-8-25(17-31)30-28(29)3-2-11-33-30)20-26-16-24(10-13-35(21)26)23-6-4-22(5-7-23)15-27-18-32-12-14-36-27/h2-9,11,21,24,26-27,32H,10,12-16,18-20H2,1H3/t21-,24+,26+,27?/m1/s1. The first-order chi connectivity index (χ1) is 17.7. The van der Waals surface area contributed by atoms with Crippen LogP contribution in [0.1, 0.15) is 42.4 Å². The number of aromatic nitrogens is 1. The molecule has 2 aromatic carbocycles. The van der Waals surface area contributed by atoms with Crippen molar-refractivity contribution in [3.05, 3.63) is 71.4 Å². The number of nitriles is 1. The maximum absolute atomic E-state index is 9.55. The Morgan fingerprint density at radius 2 is 2.03 bits per heavy atom. The Labute approximate surface area is 213 Å². The molecule has 4 atom stereocenters. The van der Waals surface area contributed by atoms with Crippen LogP contribution in [-0.2, 0) is 11.2 Å². The van der Waals surface area contributed by atoms with Crippen LogP contribution in [0.15, 0.2) is 54.7 Å². The zero-order chi connectivity index (χ0) is 24.5. The fourth-order valence-electron chi connectivity index (χ4n) is 6.54. The van der Waals surface area contributed by atoms with Crippen LogP contribution in [0.25, 0.3) is 10.9 Å². The monoisotopic (exact) mass is 481 g/mol. The zero-order valence-corrected chi connectivity index (χ0v) is 21.1. The van der Waals surface area contributed by atoms with E-state index in [0.717, 1.165) is 56.7 Å². The van der Waals surface area contributed by atoms with Crippen LogP contribution in [0.3, 0.4) is 0 Å². The number of nitrogens with one attached hydrogen (secondary N) is 1. The van der Waals surface area contributed by atoms with Gasteiger partial charge in [-0.1, -0.05) is 24.3 Å². The number of ether oxygens (including phenoxy) is 1. The molecule has 1 aromatic heterocycles. The summed E-state index contributed by atoms with van der Waals surface area (Å²) in [6.45, 7) is 8.26. The summed E-state index contributed by atoms with van der Waals surface area (Å²) in [5, 5.41) is 14.1. The molecule has 3 aliphatic heterocycles. The fourth-order valence-corrected chi connectivity index (χ4v) is 6.54. The third-order valence-corrected chi connectivity index (χ3v) is 8.37.